The maximum absolute atomic E-state index is 10.3. The van der Waals surface area contributed by atoms with Crippen LogP contribution in [0.5, 0.6) is 0 Å². The van der Waals surface area contributed by atoms with Gasteiger partial charge >= 0.3 is 0 Å². The van der Waals surface area contributed by atoms with Crippen LogP contribution in [0.3, 0.4) is 0 Å². The van der Waals surface area contributed by atoms with E-state index in [1.807, 2.05) is 12.1 Å². The molecule has 2 fully saturated rings. The highest BCUT2D eigenvalue weighted by Crippen LogP contribution is 2.30. The van der Waals surface area contributed by atoms with Gasteiger partial charge in [0.2, 0.25) is 0 Å². The van der Waals surface area contributed by atoms with Crippen molar-refractivity contribution in [2.24, 2.45) is 5.18 Å². The molecular weight excluding hydrogens is 190 g/mol. The number of piperazine rings is 1. The van der Waals surface area contributed by atoms with Crippen molar-refractivity contribution in [1.29, 1.82) is 0 Å². The van der Waals surface area contributed by atoms with Crippen molar-refractivity contribution in [3.05, 3.63) is 29.2 Å². The van der Waals surface area contributed by atoms with Crippen LogP contribution in [-0.2, 0) is 0 Å². The summed E-state index contributed by atoms with van der Waals surface area (Å²) in [6, 6.07) is 8.81. The summed E-state index contributed by atoms with van der Waals surface area (Å²) in [5.41, 5.74) is 1.71. The fourth-order valence-electron chi connectivity index (χ4n) is 2.58. The molecule has 0 spiro atoms. The minimum absolute atomic E-state index is 0.501. The summed E-state index contributed by atoms with van der Waals surface area (Å²) in [6.07, 6.45) is 1.24. The number of nitrogens with zero attached hydrogens (tertiary/aromatic N) is 2. The molecule has 0 aliphatic carbocycles. The second kappa shape index (κ2) is 3.31. The first-order valence-electron chi connectivity index (χ1n) is 5.30. The Labute approximate surface area is 88.2 Å². The SMILES string of the molecule is O=Nc1ccc(N2CC3CC2CN3)cc1. The molecule has 4 nitrogen and oxygen atoms in total. The van der Waals surface area contributed by atoms with Crippen molar-refractivity contribution in [1.82, 2.24) is 5.32 Å². The van der Waals surface area contributed by atoms with Gasteiger partial charge in [0, 0.05) is 30.9 Å². The summed E-state index contributed by atoms with van der Waals surface area (Å²) >= 11 is 0. The Bertz CT molecular complexity index is 376. The molecule has 3 rings (SSSR count). The second-order valence-corrected chi connectivity index (χ2v) is 4.25. The Kier molecular flexibility index (Phi) is 1.95. The lowest BCUT2D eigenvalue weighted by molar-refractivity contribution is 0.580. The van der Waals surface area contributed by atoms with Gasteiger partial charge in [-0.1, -0.05) is 0 Å². The van der Waals surface area contributed by atoms with Gasteiger partial charge < -0.3 is 10.2 Å². The Balaban J connectivity index is 1.84. The fraction of sp³-hybridized carbons (Fsp3) is 0.455. The third-order valence-corrected chi connectivity index (χ3v) is 3.34. The van der Waals surface area contributed by atoms with Crippen LogP contribution in [0.1, 0.15) is 6.42 Å². The zero-order valence-corrected chi connectivity index (χ0v) is 8.39. The van der Waals surface area contributed by atoms with E-state index in [-0.39, 0.29) is 0 Å². The highest BCUT2D eigenvalue weighted by molar-refractivity contribution is 5.55. The average molecular weight is 203 g/mol. The van der Waals surface area contributed by atoms with Crippen LogP contribution >= 0.6 is 0 Å². The van der Waals surface area contributed by atoms with E-state index in [1.54, 1.807) is 12.1 Å². The smallest absolute Gasteiger partial charge is 0.108 e. The Morgan fingerprint density at radius 1 is 1.33 bits per heavy atom. The summed E-state index contributed by atoms with van der Waals surface area (Å²) in [6.45, 7) is 2.16. The van der Waals surface area contributed by atoms with E-state index < -0.39 is 0 Å². The number of rotatable bonds is 2. The van der Waals surface area contributed by atoms with E-state index in [2.05, 4.69) is 15.4 Å². The number of anilines is 1. The quantitative estimate of drug-likeness (QED) is 0.743. The zero-order chi connectivity index (χ0) is 10.3. The van der Waals surface area contributed by atoms with E-state index in [1.165, 1.54) is 12.1 Å². The predicted octanol–water partition coefficient (Wildman–Crippen LogP) is 1.64. The van der Waals surface area contributed by atoms with Gasteiger partial charge in [0.1, 0.15) is 5.69 Å². The topological polar surface area (TPSA) is 44.7 Å². The summed E-state index contributed by atoms with van der Waals surface area (Å²) in [4.78, 5) is 12.7. The lowest BCUT2D eigenvalue weighted by Gasteiger charge is -2.29. The largest absolute Gasteiger partial charge is 0.366 e. The molecule has 0 amide bonds. The fourth-order valence-corrected chi connectivity index (χ4v) is 2.58. The molecule has 1 N–H and O–H groups in total. The summed E-state index contributed by atoms with van der Waals surface area (Å²) in [5.74, 6) is 0. The molecule has 4 heteroatoms. The molecule has 0 saturated carbocycles. The van der Waals surface area contributed by atoms with Crippen molar-refractivity contribution in [2.75, 3.05) is 18.0 Å². The van der Waals surface area contributed by atoms with Crippen molar-refractivity contribution < 1.29 is 0 Å². The maximum Gasteiger partial charge on any atom is 0.108 e. The summed E-state index contributed by atoms with van der Waals surface area (Å²) in [5, 5.41) is 6.37. The number of hydrogen-bond acceptors (Lipinski definition) is 4. The van der Waals surface area contributed by atoms with Crippen LogP contribution in [0, 0.1) is 4.91 Å². The van der Waals surface area contributed by atoms with Gasteiger partial charge in [0.05, 0.1) is 0 Å². The minimum atomic E-state index is 0.501. The highest BCUT2D eigenvalue weighted by Gasteiger charge is 2.37. The standard InChI is InChI=1S/C11H13N3O/c15-13-8-1-3-10(4-2-8)14-7-9-5-11(14)6-12-9/h1-4,9,11-12H,5-7H2. The van der Waals surface area contributed by atoms with E-state index in [9.17, 15) is 4.91 Å². The molecule has 2 atom stereocenters. The molecular formula is C11H13N3O. The first-order valence-corrected chi connectivity index (χ1v) is 5.30. The molecule has 78 valence electrons. The molecule has 1 aromatic carbocycles. The van der Waals surface area contributed by atoms with Crippen molar-refractivity contribution in [3.63, 3.8) is 0 Å². The van der Waals surface area contributed by atoms with Gasteiger partial charge in [0.25, 0.3) is 0 Å². The van der Waals surface area contributed by atoms with E-state index in [4.69, 9.17) is 0 Å². The molecule has 2 bridgehead atoms. The van der Waals surface area contributed by atoms with Gasteiger partial charge in [-0.15, -0.1) is 4.91 Å². The van der Waals surface area contributed by atoms with Gasteiger partial charge in [-0.3, -0.25) is 0 Å². The molecule has 1 aromatic rings. The average Bonchev–Trinajstić information content (AvgIpc) is 2.91. The first kappa shape index (κ1) is 8.85. The van der Waals surface area contributed by atoms with E-state index in [0.29, 0.717) is 17.8 Å². The van der Waals surface area contributed by atoms with Gasteiger partial charge in [-0.05, 0) is 35.9 Å². The van der Waals surface area contributed by atoms with Crippen LogP contribution in [-0.4, -0.2) is 25.2 Å². The molecule has 2 unspecified atom stereocenters. The molecule has 0 radical (unpaired) electrons. The van der Waals surface area contributed by atoms with Gasteiger partial charge in [-0.2, -0.15) is 0 Å². The number of nitroso groups, excluding NO2 is 1. The van der Waals surface area contributed by atoms with Gasteiger partial charge in [0.15, 0.2) is 0 Å². The predicted molar refractivity (Wildman–Crippen MR) is 59.4 cm³/mol. The second-order valence-electron chi connectivity index (χ2n) is 4.25. The Morgan fingerprint density at radius 3 is 2.67 bits per heavy atom. The third kappa shape index (κ3) is 1.41. The summed E-state index contributed by atoms with van der Waals surface area (Å²) < 4.78 is 0. The molecule has 0 aromatic heterocycles. The summed E-state index contributed by atoms with van der Waals surface area (Å²) in [7, 11) is 0. The number of hydrogen-bond donors (Lipinski definition) is 1. The van der Waals surface area contributed by atoms with Crippen LogP contribution in [0.4, 0.5) is 11.4 Å². The Hall–Kier alpha value is -1.42. The molecule has 15 heavy (non-hydrogen) atoms. The molecule has 2 aliphatic rings. The van der Waals surface area contributed by atoms with Crippen molar-refractivity contribution >= 4 is 11.4 Å². The van der Waals surface area contributed by atoms with Crippen molar-refractivity contribution in [2.45, 2.75) is 18.5 Å². The zero-order valence-electron chi connectivity index (χ0n) is 8.39. The van der Waals surface area contributed by atoms with E-state index >= 15 is 0 Å². The van der Waals surface area contributed by atoms with Crippen LogP contribution < -0.4 is 10.2 Å². The molecule has 2 saturated heterocycles. The number of nitrogens with one attached hydrogen (secondary N) is 1. The van der Waals surface area contributed by atoms with Crippen LogP contribution in [0.15, 0.2) is 29.4 Å². The van der Waals surface area contributed by atoms with E-state index in [0.717, 1.165) is 13.1 Å². The first-order chi connectivity index (χ1) is 7.36. The minimum Gasteiger partial charge on any atom is -0.366 e. The van der Waals surface area contributed by atoms with Crippen LogP contribution in [0.2, 0.25) is 0 Å². The highest BCUT2D eigenvalue weighted by atomic mass is 16.3. The number of benzene rings is 1. The lowest BCUT2D eigenvalue weighted by Crippen LogP contribution is -2.43. The lowest BCUT2D eigenvalue weighted by atomic mass is 10.2. The maximum atomic E-state index is 10.3. The third-order valence-electron chi connectivity index (χ3n) is 3.34. The Morgan fingerprint density at radius 2 is 2.13 bits per heavy atom. The normalized spacial score (nSPS) is 28.4. The van der Waals surface area contributed by atoms with Crippen molar-refractivity contribution in [3.8, 4) is 0 Å². The number of fused-ring (bicyclic) bond motifs is 2. The molecule has 2 aliphatic heterocycles. The monoisotopic (exact) mass is 203 g/mol. The van der Waals surface area contributed by atoms with Crippen LogP contribution in [0.25, 0.3) is 0 Å². The van der Waals surface area contributed by atoms with Gasteiger partial charge in [-0.25, -0.2) is 0 Å². The molecule has 2 heterocycles.